The molecule has 0 fully saturated rings. The van der Waals surface area contributed by atoms with Gasteiger partial charge in [0.15, 0.2) is 0 Å². The number of aromatic nitrogens is 2. The van der Waals surface area contributed by atoms with Crippen LogP contribution < -0.4 is 4.90 Å². The monoisotopic (exact) mass is 413 g/mol. The molecule has 0 saturated heterocycles. The van der Waals surface area contributed by atoms with Crippen molar-refractivity contribution in [2.45, 2.75) is 72.1 Å². The maximum atomic E-state index is 13.2. The first-order chi connectivity index (χ1) is 13.8. The van der Waals surface area contributed by atoms with Crippen molar-refractivity contribution >= 4 is 24.5 Å². The summed E-state index contributed by atoms with van der Waals surface area (Å²) in [7, 11) is 2.04. The third-order valence-corrected chi connectivity index (χ3v) is 6.82. The standard InChI is InChI=1S/C24H35N3OS/c1-7-10-18-15-16(3)22-21(17(18)4)25-23(27(22)20(28)12-14-29)26(6)19-11-9-13-24(19,5)8-2/h9,11,13,15-17,29H,7-8,10,12,14H2,1-6H3. The Bertz CT molecular complexity index is 879. The number of thiol groups is 1. The van der Waals surface area contributed by atoms with Crippen LogP contribution in [0.4, 0.5) is 5.95 Å². The van der Waals surface area contributed by atoms with Gasteiger partial charge in [0, 0.05) is 36.4 Å². The number of rotatable bonds is 7. The zero-order valence-electron chi connectivity index (χ0n) is 18.7. The summed E-state index contributed by atoms with van der Waals surface area (Å²) in [4.78, 5) is 20.4. The summed E-state index contributed by atoms with van der Waals surface area (Å²) >= 11 is 4.31. The van der Waals surface area contributed by atoms with Crippen LogP contribution in [-0.2, 0) is 0 Å². The van der Waals surface area contributed by atoms with E-state index >= 15 is 0 Å². The topological polar surface area (TPSA) is 38.1 Å². The fourth-order valence-corrected chi connectivity index (χ4v) is 4.90. The van der Waals surface area contributed by atoms with Gasteiger partial charge in [-0.1, -0.05) is 64.8 Å². The molecule has 0 N–H and O–H groups in total. The molecule has 3 unspecified atom stereocenters. The van der Waals surface area contributed by atoms with Gasteiger partial charge in [-0.25, -0.2) is 4.98 Å². The minimum atomic E-state index is -0.0402. The van der Waals surface area contributed by atoms with Crippen LogP contribution in [0.1, 0.15) is 88.3 Å². The SMILES string of the molecule is CCCC1=CC(C)c2c(nc(N(C)C3=CC=CC3(C)CC)n2C(=O)CCS)C1C. The molecule has 0 spiro atoms. The lowest BCUT2D eigenvalue weighted by atomic mass is 9.83. The van der Waals surface area contributed by atoms with Gasteiger partial charge in [0.25, 0.3) is 0 Å². The van der Waals surface area contributed by atoms with Gasteiger partial charge in [-0.05, 0) is 24.7 Å². The van der Waals surface area contributed by atoms with Crippen molar-refractivity contribution in [2.75, 3.05) is 17.7 Å². The Kier molecular flexibility index (Phi) is 6.47. The predicted molar refractivity (Wildman–Crippen MR) is 125 cm³/mol. The van der Waals surface area contributed by atoms with E-state index in [1.807, 2.05) is 11.6 Å². The number of imidazole rings is 1. The summed E-state index contributed by atoms with van der Waals surface area (Å²) < 4.78 is 1.88. The molecule has 0 saturated carbocycles. The van der Waals surface area contributed by atoms with Crippen molar-refractivity contribution in [2.24, 2.45) is 5.41 Å². The molecule has 1 aromatic rings. The van der Waals surface area contributed by atoms with Gasteiger partial charge >= 0.3 is 0 Å². The van der Waals surface area contributed by atoms with Crippen LogP contribution in [0.25, 0.3) is 0 Å². The molecule has 5 heteroatoms. The Balaban J connectivity index is 2.13. The maximum Gasteiger partial charge on any atom is 0.234 e. The minimum absolute atomic E-state index is 0.0402. The Morgan fingerprint density at radius 2 is 2.07 bits per heavy atom. The van der Waals surface area contributed by atoms with E-state index in [2.05, 4.69) is 76.5 Å². The van der Waals surface area contributed by atoms with Crippen LogP contribution in [0.2, 0.25) is 0 Å². The lowest BCUT2D eigenvalue weighted by Crippen LogP contribution is -2.31. The van der Waals surface area contributed by atoms with E-state index in [1.165, 1.54) is 11.3 Å². The number of hydrogen-bond donors (Lipinski definition) is 1. The first-order valence-corrected chi connectivity index (χ1v) is 11.5. The molecule has 0 aliphatic heterocycles. The number of carbonyl (C=O) groups excluding carboxylic acids is 1. The van der Waals surface area contributed by atoms with E-state index in [4.69, 9.17) is 4.98 Å². The van der Waals surface area contributed by atoms with Crippen molar-refractivity contribution in [1.82, 2.24) is 9.55 Å². The fraction of sp³-hybridized carbons (Fsp3) is 0.583. The fourth-order valence-electron chi connectivity index (χ4n) is 4.71. The third kappa shape index (κ3) is 3.74. The van der Waals surface area contributed by atoms with Crippen LogP contribution >= 0.6 is 12.6 Å². The summed E-state index contributed by atoms with van der Waals surface area (Å²) in [6, 6.07) is 0. The number of hydrogen-bond acceptors (Lipinski definition) is 4. The average Bonchev–Trinajstić information content (AvgIpc) is 3.28. The summed E-state index contributed by atoms with van der Waals surface area (Å²) in [6.07, 6.45) is 12.5. The Hall–Kier alpha value is -1.75. The largest absolute Gasteiger partial charge is 0.318 e. The summed E-state index contributed by atoms with van der Waals surface area (Å²) in [5.41, 5.74) is 4.69. The Morgan fingerprint density at radius 3 is 2.69 bits per heavy atom. The third-order valence-electron chi connectivity index (χ3n) is 6.60. The average molecular weight is 414 g/mol. The highest BCUT2D eigenvalue weighted by Crippen LogP contribution is 2.44. The van der Waals surface area contributed by atoms with E-state index in [0.717, 1.165) is 36.6 Å². The summed E-state index contributed by atoms with van der Waals surface area (Å²) in [6.45, 7) is 11.1. The predicted octanol–water partition coefficient (Wildman–Crippen LogP) is 6.10. The van der Waals surface area contributed by atoms with Crippen molar-refractivity contribution in [1.29, 1.82) is 0 Å². The highest BCUT2D eigenvalue weighted by Gasteiger charge is 2.36. The second kappa shape index (κ2) is 8.55. The smallest absolute Gasteiger partial charge is 0.234 e. The second-order valence-corrected chi connectivity index (χ2v) is 9.08. The zero-order chi connectivity index (χ0) is 21.3. The van der Waals surface area contributed by atoms with Gasteiger partial charge in [-0.3, -0.25) is 9.36 Å². The van der Waals surface area contributed by atoms with Crippen molar-refractivity contribution in [3.63, 3.8) is 0 Å². The lowest BCUT2D eigenvalue weighted by molar-refractivity contribution is 0.0908. The summed E-state index contributed by atoms with van der Waals surface area (Å²) in [5.74, 6) is 1.77. The van der Waals surface area contributed by atoms with Crippen LogP contribution in [0, 0.1) is 5.41 Å². The molecule has 0 aromatic carbocycles. The van der Waals surface area contributed by atoms with E-state index in [1.54, 1.807) is 0 Å². The van der Waals surface area contributed by atoms with E-state index in [0.29, 0.717) is 12.2 Å². The first-order valence-electron chi connectivity index (χ1n) is 10.9. The van der Waals surface area contributed by atoms with E-state index in [-0.39, 0.29) is 23.2 Å². The summed E-state index contributed by atoms with van der Waals surface area (Å²) in [5, 5.41) is 0. The number of carbonyl (C=O) groups is 1. The van der Waals surface area contributed by atoms with Crippen LogP contribution in [0.3, 0.4) is 0 Å². The number of fused-ring (bicyclic) bond motifs is 1. The molecular weight excluding hydrogens is 378 g/mol. The van der Waals surface area contributed by atoms with E-state index < -0.39 is 0 Å². The maximum absolute atomic E-state index is 13.2. The molecule has 3 rings (SSSR count). The molecule has 0 radical (unpaired) electrons. The molecule has 2 aliphatic rings. The van der Waals surface area contributed by atoms with Crippen LogP contribution in [0.15, 0.2) is 35.6 Å². The van der Waals surface area contributed by atoms with Gasteiger partial charge in [0.05, 0.1) is 11.4 Å². The zero-order valence-corrected chi connectivity index (χ0v) is 19.6. The number of anilines is 1. The highest BCUT2D eigenvalue weighted by molar-refractivity contribution is 7.80. The van der Waals surface area contributed by atoms with E-state index in [9.17, 15) is 4.79 Å². The molecule has 158 valence electrons. The molecule has 29 heavy (non-hydrogen) atoms. The number of allylic oxidation sites excluding steroid dienone is 5. The second-order valence-electron chi connectivity index (χ2n) is 8.63. The highest BCUT2D eigenvalue weighted by atomic mass is 32.1. The van der Waals surface area contributed by atoms with Gasteiger partial charge in [-0.15, -0.1) is 0 Å². The van der Waals surface area contributed by atoms with Gasteiger partial charge in [0.1, 0.15) is 0 Å². The van der Waals surface area contributed by atoms with Gasteiger partial charge in [-0.2, -0.15) is 12.6 Å². The lowest BCUT2D eigenvalue weighted by Gasteiger charge is -2.32. The van der Waals surface area contributed by atoms with Crippen molar-refractivity contribution < 1.29 is 4.79 Å². The number of nitrogens with zero attached hydrogens (tertiary/aromatic N) is 3. The van der Waals surface area contributed by atoms with Crippen molar-refractivity contribution in [3.8, 4) is 0 Å². The minimum Gasteiger partial charge on any atom is -0.318 e. The van der Waals surface area contributed by atoms with Gasteiger partial charge in [0.2, 0.25) is 11.9 Å². The molecule has 2 aliphatic carbocycles. The Morgan fingerprint density at radius 1 is 1.34 bits per heavy atom. The first kappa shape index (κ1) is 21.9. The normalized spacial score (nSPS) is 25.6. The van der Waals surface area contributed by atoms with Crippen LogP contribution in [0.5, 0.6) is 0 Å². The molecular formula is C24H35N3OS. The quantitative estimate of drug-likeness (QED) is 0.434. The molecule has 1 aromatic heterocycles. The molecule has 0 amide bonds. The molecule has 0 bridgehead atoms. The van der Waals surface area contributed by atoms with Crippen LogP contribution in [-0.4, -0.2) is 28.3 Å². The molecule has 1 heterocycles. The Labute approximate surface area is 181 Å². The van der Waals surface area contributed by atoms with Gasteiger partial charge < -0.3 is 4.90 Å². The van der Waals surface area contributed by atoms with Crippen molar-refractivity contribution in [3.05, 3.63) is 47.0 Å². The molecule has 4 nitrogen and oxygen atoms in total. The molecule has 3 atom stereocenters.